The monoisotopic (exact) mass is 392 g/mol. The first-order valence-electron chi connectivity index (χ1n) is 8.68. The number of para-hydroxylation sites is 1. The third-order valence-electron chi connectivity index (χ3n) is 4.97. The number of carbonyl (C=O) groups excluding carboxylic acids is 1. The van der Waals surface area contributed by atoms with Gasteiger partial charge < -0.3 is 4.90 Å². The molecule has 26 heavy (non-hydrogen) atoms. The van der Waals surface area contributed by atoms with Crippen molar-refractivity contribution >= 4 is 38.4 Å². The number of carbonyl (C=O) groups is 1. The number of sulfone groups is 1. The van der Waals surface area contributed by atoms with E-state index < -0.39 is 9.84 Å². The van der Waals surface area contributed by atoms with Crippen LogP contribution in [0.5, 0.6) is 0 Å². The van der Waals surface area contributed by atoms with Crippen LogP contribution in [0, 0.1) is 13.8 Å². The summed E-state index contributed by atoms with van der Waals surface area (Å²) in [7, 11) is -1.30. The predicted octanol–water partition coefficient (Wildman–Crippen LogP) is 2.98. The van der Waals surface area contributed by atoms with Crippen molar-refractivity contribution in [3.8, 4) is 0 Å². The van der Waals surface area contributed by atoms with Gasteiger partial charge in [-0.3, -0.25) is 4.79 Å². The van der Waals surface area contributed by atoms with Gasteiger partial charge in [0, 0.05) is 18.5 Å². The largest absolute Gasteiger partial charge is 0.341 e. The summed E-state index contributed by atoms with van der Waals surface area (Å²) in [5, 5.41) is 1.62. The van der Waals surface area contributed by atoms with Crippen LogP contribution in [0.2, 0.25) is 0 Å². The molecule has 0 spiro atoms. The molecule has 1 fully saturated rings. The first-order valence-corrected chi connectivity index (χ1v) is 11.4. The van der Waals surface area contributed by atoms with Crippen LogP contribution in [-0.4, -0.2) is 54.1 Å². The van der Waals surface area contributed by atoms with Gasteiger partial charge in [-0.25, -0.2) is 13.4 Å². The molecule has 1 saturated heterocycles. The molecule has 140 valence electrons. The summed E-state index contributed by atoms with van der Waals surface area (Å²) in [5.41, 5.74) is 3.21. The van der Waals surface area contributed by atoms with E-state index in [1.54, 1.807) is 11.9 Å². The van der Waals surface area contributed by atoms with Crippen LogP contribution in [0.3, 0.4) is 0 Å². The molecule has 1 aromatic heterocycles. The van der Waals surface area contributed by atoms with E-state index in [-0.39, 0.29) is 28.7 Å². The smallest absolute Gasteiger partial charge is 0.235 e. The van der Waals surface area contributed by atoms with Crippen molar-refractivity contribution in [2.75, 3.05) is 18.6 Å². The summed E-state index contributed by atoms with van der Waals surface area (Å²) >= 11 is 1.42. The zero-order chi connectivity index (χ0) is 19.1. The Kier molecular flexibility index (Phi) is 5.30. The van der Waals surface area contributed by atoms with E-state index in [1.165, 1.54) is 11.8 Å². The van der Waals surface area contributed by atoms with Crippen molar-refractivity contribution < 1.29 is 13.2 Å². The number of hydrogen-bond donors (Lipinski definition) is 0. The lowest BCUT2D eigenvalue weighted by Gasteiger charge is -2.26. The molecular formula is C19H24N2O3S2. The molecule has 0 unspecified atom stereocenters. The Hall–Kier alpha value is -1.60. The number of fused-ring (bicyclic) bond motifs is 1. The Bertz CT molecular complexity index is 957. The Morgan fingerprint density at radius 3 is 2.69 bits per heavy atom. The Labute approximate surface area is 159 Å². The highest BCUT2D eigenvalue weighted by molar-refractivity contribution is 8.00. The quantitative estimate of drug-likeness (QED) is 0.749. The number of benzene rings is 1. The van der Waals surface area contributed by atoms with Crippen molar-refractivity contribution in [2.24, 2.45) is 0 Å². The molecule has 2 atom stereocenters. The highest BCUT2D eigenvalue weighted by atomic mass is 32.2. The molecule has 0 bridgehead atoms. The third kappa shape index (κ3) is 3.88. The van der Waals surface area contributed by atoms with Gasteiger partial charge in [0.1, 0.15) is 0 Å². The van der Waals surface area contributed by atoms with Crippen molar-refractivity contribution in [3.63, 3.8) is 0 Å². The predicted molar refractivity (Wildman–Crippen MR) is 106 cm³/mol. The Morgan fingerprint density at radius 2 is 2.04 bits per heavy atom. The summed E-state index contributed by atoms with van der Waals surface area (Å²) in [6.07, 6.45) is 0.522. The van der Waals surface area contributed by atoms with Gasteiger partial charge >= 0.3 is 0 Å². The minimum atomic E-state index is -3.01. The minimum Gasteiger partial charge on any atom is -0.341 e. The first kappa shape index (κ1) is 19.2. The summed E-state index contributed by atoms with van der Waals surface area (Å²) in [6, 6.07) is 7.91. The summed E-state index contributed by atoms with van der Waals surface area (Å²) in [4.78, 5) is 19.1. The van der Waals surface area contributed by atoms with Gasteiger partial charge in [0.2, 0.25) is 5.91 Å². The fourth-order valence-corrected chi connectivity index (χ4v) is 6.16. The van der Waals surface area contributed by atoms with E-state index in [2.05, 4.69) is 13.0 Å². The van der Waals surface area contributed by atoms with E-state index in [0.717, 1.165) is 27.1 Å². The maximum Gasteiger partial charge on any atom is 0.235 e. The molecule has 1 amide bonds. The number of nitrogens with zero attached hydrogens (tertiary/aromatic N) is 2. The van der Waals surface area contributed by atoms with Gasteiger partial charge in [0.25, 0.3) is 0 Å². The maximum atomic E-state index is 12.7. The van der Waals surface area contributed by atoms with Crippen LogP contribution in [0.15, 0.2) is 29.3 Å². The molecule has 1 aliphatic heterocycles. The molecule has 3 rings (SSSR count). The van der Waals surface area contributed by atoms with Gasteiger partial charge in [-0.05, 0) is 44.4 Å². The Balaban J connectivity index is 1.77. The molecule has 1 aromatic carbocycles. The summed E-state index contributed by atoms with van der Waals surface area (Å²) < 4.78 is 23.3. The van der Waals surface area contributed by atoms with Crippen LogP contribution < -0.4 is 0 Å². The molecule has 2 aromatic rings. The van der Waals surface area contributed by atoms with Crippen LogP contribution in [-0.2, 0) is 14.6 Å². The van der Waals surface area contributed by atoms with Crippen molar-refractivity contribution in [3.05, 3.63) is 35.4 Å². The number of amides is 1. The third-order valence-corrected chi connectivity index (χ3v) is 7.73. The summed E-state index contributed by atoms with van der Waals surface area (Å²) in [5.74, 6) is 0.183. The fourth-order valence-electron chi connectivity index (χ4n) is 3.37. The van der Waals surface area contributed by atoms with Crippen LogP contribution in [0.25, 0.3) is 10.9 Å². The van der Waals surface area contributed by atoms with Gasteiger partial charge in [-0.15, -0.1) is 0 Å². The van der Waals surface area contributed by atoms with E-state index >= 15 is 0 Å². The normalized spacial score (nSPS) is 20.2. The second kappa shape index (κ2) is 7.19. The Morgan fingerprint density at radius 1 is 1.31 bits per heavy atom. The lowest BCUT2D eigenvalue weighted by molar-refractivity contribution is -0.130. The standard InChI is InChI=1S/C19H24N2O3S2/c1-12-6-5-7-16-13(2)10-17(20-18(12)16)25-14(3)19(22)21(4)15-8-9-26(23,24)11-15/h5-7,10,14-15H,8-9,11H2,1-4H3/t14-,15+/m0/s1. The lowest BCUT2D eigenvalue weighted by atomic mass is 10.1. The van der Waals surface area contributed by atoms with E-state index in [4.69, 9.17) is 4.98 Å². The first-order chi connectivity index (χ1) is 12.2. The lowest BCUT2D eigenvalue weighted by Crippen LogP contribution is -2.41. The van der Waals surface area contributed by atoms with E-state index in [0.29, 0.717) is 6.42 Å². The highest BCUT2D eigenvalue weighted by Crippen LogP contribution is 2.29. The average Bonchev–Trinajstić information content (AvgIpc) is 2.94. The zero-order valence-electron chi connectivity index (χ0n) is 15.5. The molecule has 0 saturated carbocycles. The van der Waals surface area contributed by atoms with E-state index in [9.17, 15) is 13.2 Å². The van der Waals surface area contributed by atoms with Gasteiger partial charge in [0.15, 0.2) is 9.84 Å². The van der Waals surface area contributed by atoms with Crippen molar-refractivity contribution in [1.82, 2.24) is 9.88 Å². The maximum absolute atomic E-state index is 12.7. The molecule has 2 heterocycles. The van der Waals surface area contributed by atoms with E-state index in [1.807, 2.05) is 32.0 Å². The molecular weight excluding hydrogens is 368 g/mol. The van der Waals surface area contributed by atoms with Gasteiger partial charge in [-0.1, -0.05) is 30.0 Å². The average molecular weight is 393 g/mol. The van der Waals surface area contributed by atoms with Gasteiger partial charge in [-0.2, -0.15) is 0 Å². The number of thioether (sulfide) groups is 1. The minimum absolute atomic E-state index is 0.0542. The highest BCUT2D eigenvalue weighted by Gasteiger charge is 2.34. The zero-order valence-corrected chi connectivity index (χ0v) is 17.2. The molecule has 0 radical (unpaired) electrons. The number of pyridine rings is 1. The second-order valence-electron chi connectivity index (χ2n) is 7.01. The summed E-state index contributed by atoms with van der Waals surface area (Å²) in [6.45, 7) is 5.94. The van der Waals surface area contributed by atoms with Gasteiger partial charge in [0.05, 0.1) is 27.3 Å². The molecule has 0 N–H and O–H groups in total. The fraction of sp³-hybridized carbons (Fsp3) is 0.474. The molecule has 7 heteroatoms. The SMILES string of the molecule is Cc1cc(S[C@@H](C)C(=O)N(C)[C@@H]2CCS(=O)(=O)C2)nc2c(C)cccc12. The number of hydrogen-bond acceptors (Lipinski definition) is 5. The topological polar surface area (TPSA) is 67.3 Å². The van der Waals surface area contributed by atoms with Crippen LogP contribution >= 0.6 is 11.8 Å². The van der Waals surface area contributed by atoms with Crippen molar-refractivity contribution in [2.45, 2.75) is 43.5 Å². The molecule has 1 aliphatic rings. The number of aromatic nitrogens is 1. The number of aryl methyl sites for hydroxylation is 2. The van der Waals surface area contributed by atoms with Crippen LogP contribution in [0.1, 0.15) is 24.5 Å². The van der Waals surface area contributed by atoms with Crippen LogP contribution in [0.4, 0.5) is 0 Å². The molecule has 0 aliphatic carbocycles. The second-order valence-corrected chi connectivity index (χ2v) is 10.6. The number of rotatable bonds is 4. The van der Waals surface area contributed by atoms with Crippen molar-refractivity contribution in [1.29, 1.82) is 0 Å². The molecule has 5 nitrogen and oxygen atoms in total.